The third kappa shape index (κ3) is 4.25. The van der Waals surface area contributed by atoms with Crippen molar-refractivity contribution >= 4 is 28.6 Å². The van der Waals surface area contributed by atoms with Crippen molar-refractivity contribution in [1.82, 2.24) is 0 Å². The number of unbranched alkanes of at least 4 members (excludes halogenated alkanes) is 1. The molecule has 0 aliphatic rings. The molecule has 1 unspecified atom stereocenters. The van der Waals surface area contributed by atoms with E-state index in [1.54, 1.807) is 0 Å². The molecule has 0 aromatic carbocycles. The average Bonchev–Trinajstić information content (AvgIpc) is 2.04. The lowest BCUT2D eigenvalue weighted by Gasteiger charge is -2.16. The molecule has 2 atom stereocenters. The van der Waals surface area contributed by atoms with Gasteiger partial charge in [0.15, 0.2) is 0 Å². The van der Waals surface area contributed by atoms with Crippen LogP contribution < -0.4 is 0 Å². The van der Waals surface area contributed by atoms with Gasteiger partial charge < -0.3 is 10.2 Å². The first kappa shape index (κ1) is 12.2. The summed E-state index contributed by atoms with van der Waals surface area (Å²) >= 11 is 2.00. The van der Waals surface area contributed by atoms with Crippen molar-refractivity contribution in [3.05, 3.63) is 0 Å². The summed E-state index contributed by atoms with van der Waals surface area (Å²) in [6.07, 6.45) is 1.72. The molecule has 2 N–H and O–H groups in total. The van der Waals surface area contributed by atoms with Crippen molar-refractivity contribution in [2.45, 2.75) is 32.3 Å². The highest BCUT2D eigenvalue weighted by Gasteiger charge is 2.24. The maximum atomic E-state index is 10.6. The molecule has 0 amide bonds. The molecule has 0 aliphatic carbocycles. The van der Waals surface area contributed by atoms with Crippen LogP contribution in [0.2, 0.25) is 0 Å². The Morgan fingerprint density at radius 2 is 2.17 bits per heavy atom. The van der Waals surface area contributed by atoms with E-state index in [0.29, 0.717) is 10.8 Å². The van der Waals surface area contributed by atoms with E-state index in [-0.39, 0.29) is 0 Å². The number of aliphatic hydroxyl groups is 1. The van der Waals surface area contributed by atoms with E-state index in [1.165, 1.54) is 0 Å². The monoisotopic (exact) mass is 286 g/mol. The molecule has 0 aromatic rings. The van der Waals surface area contributed by atoms with Crippen molar-refractivity contribution in [1.29, 1.82) is 0 Å². The van der Waals surface area contributed by atoms with Crippen LogP contribution in [-0.4, -0.2) is 26.7 Å². The van der Waals surface area contributed by atoms with Crippen molar-refractivity contribution in [2.24, 2.45) is 5.92 Å². The van der Waals surface area contributed by atoms with E-state index in [1.807, 2.05) is 29.5 Å². The van der Waals surface area contributed by atoms with Gasteiger partial charge in [0.1, 0.15) is 0 Å². The molecule has 72 valence electrons. The molecule has 0 fully saturated rings. The maximum Gasteiger partial charge on any atom is 0.309 e. The second-order valence-corrected chi connectivity index (χ2v) is 3.69. The van der Waals surface area contributed by atoms with E-state index >= 15 is 0 Å². The summed E-state index contributed by atoms with van der Waals surface area (Å²) in [7, 11) is 0. The van der Waals surface area contributed by atoms with Crippen LogP contribution in [0.3, 0.4) is 0 Å². The van der Waals surface area contributed by atoms with Crippen LogP contribution >= 0.6 is 22.6 Å². The van der Waals surface area contributed by atoms with Crippen molar-refractivity contribution < 1.29 is 15.0 Å². The van der Waals surface area contributed by atoms with E-state index in [4.69, 9.17) is 5.11 Å². The summed E-state index contributed by atoms with van der Waals surface area (Å²) in [5.41, 5.74) is 0. The number of halogens is 1. The summed E-state index contributed by atoms with van der Waals surface area (Å²) in [5.74, 6) is -1.46. The summed E-state index contributed by atoms with van der Waals surface area (Å²) in [6, 6.07) is 0. The van der Waals surface area contributed by atoms with Gasteiger partial charge in [0.2, 0.25) is 0 Å². The SMILES string of the molecule is CCCCC(C(=O)O)[C@@H](O)CI. The van der Waals surface area contributed by atoms with Gasteiger partial charge in [0.05, 0.1) is 12.0 Å². The Morgan fingerprint density at radius 3 is 2.50 bits per heavy atom. The number of carbonyl (C=O) groups is 1. The molecule has 0 spiro atoms. The summed E-state index contributed by atoms with van der Waals surface area (Å²) in [5, 5.41) is 18.1. The second kappa shape index (κ2) is 6.65. The molecule has 4 heteroatoms. The highest BCUT2D eigenvalue weighted by Crippen LogP contribution is 2.15. The number of hydrogen-bond donors (Lipinski definition) is 2. The van der Waals surface area contributed by atoms with E-state index in [0.717, 1.165) is 12.8 Å². The number of aliphatic hydroxyl groups excluding tert-OH is 1. The largest absolute Gasteiger partial charge is 0.481 e. The predicted molar refractivity (Wildman–Crippen MR) is 55.5 cm³/mol. The zero-order chi connectivity index (χ0) is 9.56. The number of rotatable bonds is 6. The minimum absolute atomic E-state index is 0.485. The quantitative estimate of drug-likeness (QED) is 0.577. The fraction of sp³-hybridized carbons (Fsp3) is 0.875. The van der Waals surface area contributed by atoms with Gasteiger partial charge in [0, 0.05) is 4.43 Å². The third-order valence-electron chi connectivity index (χ3n) is 1.81. The lowest BCUT2D eigenvalue weighted by atomic mass is 9.97. The van der Waals surface area contributed by atoms with Gasteiger partial charge in [-0.15, -0.1) is 0 Å². The van der Waals surface area contributed by atoms with Gasteiger partial charge in [-0.05, 0) is 6.42 Å². The maximum absolute atomic E-state index is 10.6. The standard InChI is InChI=1S/C8H15IO3/c1-2-3-4-6(8(11)12)7(10)5-9/h6-7,10H,2-5H2,1H3,(H,11,12)/t6?,7-/m0/s1. The predicted octanol–water partition coefficient (Wildman–Crippen LogP) is 1.67. The molecular formula is C8H15IO3. The normalized spacial score (nSPS) is 15.6. The highest BCUT2D eigenvalue weighted by molar-refractivity contribution is 14.1. The molecule has 0 rings (SSSR count). The van der Waals surface area contributed by atoms with Crippen molar-refractivity contribution in [3.63, 3.8) is 0 Å². The number of carboxylic acid groups (broad SMARTS) is 1. The Labute approximate surface area is 86.3 Å². The first-order valence-electron chi connectivity index (χ1n) is 4.10. The number of hydrogen-bond acceptors (Lipinski definition) is 2. The van der Waals surface area contributed by atoms with E-state index in [2.05, 4.69) is 0 Å². The molecule has 3 nitrogen and oxygen atoms in total. The lowest BCUT2D eigenvalue weighted by molar-refractivity contribution is -0.145. The molecule has 12 heavy (non-hydrogen) atoms. The Kier molecular flexibility index (Phi) is 6.74. The average molecular weight is 286 g/mol. The van der Waals surface area contributed by atoms with E-state index < -0.39 is 18.0 Å². The van der Waals surface area contributed by atoms with Gasteiger partial charge in [-0.1, -0.05) is 42.4 Å². The van der Waals surface area contributed by atoms with Gasteiger partial charge in [-0.3, -0.25) is 4.79 Å². The zero-order valence-corrected chi connectivity index (χ0v) is 9.32. The van der Waals surface area contributed by atoms with Crippen molar-refractivity contribution in [3.8, 4) is 0 Å². The van der Waals surface area contributed by atoms with Crippen LogP contribution in [0.4, 0.5) is 0 Å². The molecule has 0 saturated carbocycles. The summed E-state index contributed by atoms with van der Waals surface area (Å²) in [6.45, 7) is 2.01. The fourth-order valence-electron chi connectivity index (χ4n) is 1.01. The Balaban J connectivity index is 3.94. The third-order valence-corrected chi connectivity index (χ3v) is 2.71. The molecule has 0 aromatic heterocycles. The van der Waals surface area contributed by atoms with Crippen LogP contribution in [0.5, 0.6) is 0 Å². The van der Waals surface area contributed by atoms with Crippen LogP contribution in [0.25, 0.3) is 0 Å². The number of carboxylic acids is 1. The number of aliphatic carboxylic acids is 1. The first-order valence-corrected chi connectivity index (χ1v) is 5.62. The Morgan fingerprint density at radius 1 is 1.58 bits per heavy atom. The molecule has 0 heterocycles. The summed E-state index contributed by atoms with van der Waals surface area (Å²) in [4.78, 5) is 10.6. The van der Waals surface area contributed by atoms with Crippen LogP contribution in [0, 0.1) is 5.92 Å². The minimum atomic E-state index is -0.882. The van der Waals surface area contributed by atoms with Crippen LogP contribution in [0.1, 0.15) is 26.2 Å². The Bertz CT molecular complexity index is 138. The van der Waals surface area contributed by atoms with Crippen molar-refractivity contribution in [2.75, 3.05) is 4.43 Å². The summed E-state index contributed by atoms with van der Waals surface area (Å²) < 4.78 is 0.485. The second-order valence-electron chi connectivity index (χ2n) is 2.81. The Hall–Kier alpha value is 0.160. The van der Waals surface area contributed by atoms with Crippen LogP contribution in [-0.2, 0) is 4.79 Å². The lowest BCUT2D eigenvalue weighted by Crippen LogP contribution is -2.29. The molecule has 0 aliphatic heterocycles. The minimum Gasteiger partial charge on any atom is -0.481 e. The topological polar surface area (TPSA) is 57.5 Å². The number of alkyl halides is 1. The van der Waals surface area contributed by atoms with Gasteiger partial charge in [0.25, 0.3) is 0 Å². The molecule has 0 saturated heterocycles. The first-order chi connectivity index (χ1) is 5.63. The highest BCUT2D eigenvalue weighted by atomic mass is 127. The molecular weight excluding hydrogens is 271 g/mol. The van der Waals surface area contributed by atoms with E-state index in [9.17, 15) is 9.90 Å². The smallest absolute Gasteiger partial charge is 0.309 e. The molecule has 0 bridgehead atoms. The zero-order valence-electron chi connectivity index (χ0n) is 7.16. The van der Waals surface area contributed by atoms with Crippen LogP contribution in [0.15, 0.2) is 0 Å². The van der Waals surface area contributed by atoms with Gasteiger partial charge in [-0.25, -0.2) is 0 Å². The fourth-order valence-corrected chi connectivity index (χ4v) is 1.63. The van der Waals surface area contributed by atoms with Gasteiger partial charge in [-0.2, -0.15) is 0 Å². The molecule has 0 radical (unpaired) electrons. The van der Waals surface area contributed by atoms with Gasteiger partial charge >= 0.3 is 5.97 Å².